The summed E-state index contributed by atoms with van der Waals surface area (Å²) in [6.45, 7) is 3.69. The Morgan fingerprint density at radius 1 is 1.35 bits per heavy atom. The van der Waals surface area contributed by atoms with E-state index < -0.39 is 0 Å². The van der Waals surface area contributed by atoms with Crippen LogP contribution < -0.4 is 5.73 Å². The summed E-state index contributed by atoms with van der Waals surface area (Å²) in [5.74, 6) is 0.487. The van der Waals surface area contributed by atoms with Gasteiger partial charge in [-0.05, 0) is 18.0 Å². The van der Waals surface area contributed by atoms with Gasteiger partial charge in [0, 0.05) is 19.4 Å². The van der Waals surface area contributed by atoms with E-state index in [-0.39, 0.29) is 11.7 Å². The number of hydrogen-bond acceptors (Lipinski definition) is 3. The molecule has 1 aromatic rings. The normalized spacial score (nSPS) is 12.4. The molecule has 17 heavy (non-hydrogen) atoms. The van der Waals surface area contributed by atoms with Gasteiger partial charge in [0.25, 0.3) is 0 Å². The third-order valence-corrected chi connectivity index (χ3v) is 2.51. The van der Waals surface area contributed by atoms with Crippen molar-refractivity contribution in [3.8, 4) is 0 Å². The van der Waals surface area contributed by atoms with Gasteiger partial charge in [0.2, 0.25) is 0 Å². The van der Waals surface area contributed by atoms with Crippen LogP contribution in [0.1, 0.15) is 25.3 Å². The maximum Gasteiger partial charge on any atom is 0.134 e. The van der Waals surface area contributed by atoms with Crippen LogP contribution in [0.5, 0.6) is 0 Å². The van der Waals surface area contributed by atoms with E-state index >= 15 is 0 Å². The molecule has 0 aliphatic carbocycles. The lowest BCUT2D eigenvalue weighted by Crippen LogP contribution is -2.14. The van der Waals surface area contributed by atoms with Crippen molar-refractivity contribution in [3.05, 3.63) is 35.9 Å². The lowest BCUT2D eigenvalue weighted by molar-refractivity contribution is -0.120. The first kappa shape index (κ1) is 13.9. The molecule has 1 rings (SSSR count). The van der Waals surface area contributed by atoms with E-state index in [1.165, 1.54) is 0 Å². The van der Waals surface area contributed by atoms with Crippen LogP contribution in [-0.2, 0) is 16.1 Å². The minimum atomic E-state index is 0.225. The summed E-state index contributed by atoms with van der Waals surface area (Å²) >= 11 is 0. The van der Waals surface area contributed by atoms with Crippen LogP contribution in [0.2, 0.25) is 0 Å². The molecule has 0 saturated heterocycles. The fourth-order valence-electron chi connectivity index (χ4n) is 1.66. The molecular weight excluding hydrogens is 214 g/mol. The fraction of sp³-hybridized carbons (Fsp3) is 0.500. The highest BCUT2D eigenvalue weighted by atomic mass is 16.5. The molecule has 3 nitrogen and oxygen atoms in total. The van der Waals surface area contributed by atoms with Crippen LogP contribution in [0.25, 0.3) is 0 Å². The van der Waals surface area contributed by atoms with E-state index in [1.807, 2.05) is 37.3 Å². The van der Waals surface area contributed by atoms with Gasteiger partial charge < -0.3 is 10.5 Å². The van der Waals surface area contributed by atoms with E-state index in [4.69, 9.17) is 10.5 Å². The van der Waals surface area contributed by atoms with Gasteiger partial charge in [0.05, 0.1) is 6.61 Å². The monoisotopic (exact) mass is 235 g/mol. The van der Waals surface area contributed by atoms with Crippen LogP contribution >= 0.6 is 0 Å². The first-order chi connectivity index (χ1) is 8.22. The lowest BCUT2D eigenvalue weighted by atomic mass is 10.0. The fourth-order valence-corrected chi connectivity index (χ4v) is 1.66. The zero-order valence-corrected chi connectivity index (χ0v) is 10.4. The van der Waals surface area contributed by atoms with Gasteiger partial charge in [-0.3, -0.25) is 4.79 Å². The average molecular weight is 235 g/mol. The number of hydrogen-bond donors (Lipinski definition) is 1. The Hall–Kier alpha value is -1.19. The van der Waals surface area contributed by atoms with Crippen molar-refractivity contribution in [1.29, 1.82) is 0 Å². The Balaban J connectivity index is 2.16. The van der Waals surface area contributed by atoms with Gasteiger partial charge >= 0.3 is 0 Å². The number of nitrogens with two attached hydrogens (primary N) is 1. The van der Waals surface area contributed by atoms with Crippen LogP contribution in [0.3, 0.4) is 0 Å². The molecule has 0 spiro atoms. The number of ether oxygens (including phenoxy) is 1. The molecule has 0 aliphatic heterocycles. The summed E-state index contributed by atoms with van der Waals surface area (Å²) in [7, 11) is 0. The van der Waals surface area contributed by atoms with Crippen molar-refractivity contribution in [1.82, 2.24) is 0 Å². The van der Waals surface area contributed by atoms with Crippen LogP contribution in [0, 0.1) is 5.92 Å². The predicted octanol–water partition coefficient (Wildman–Crippen LogP) is 2.15. The van der Waals surface area contributed by atoms with Gasteiger partial charge in [0.1, 0.15) is 5.78 Å². The highest BCUT2D eigenvalue weighted by molar-refractivity contribution is 5.78. The SMILES string of the molecule is CC(COCc1ccccc1)CC(=O)CCN. The molecule has 2 N–H and O–H groups in total. The van der Waals surface area contributed by atoms with Crippen molar-refractivity contribution < 1.29 is 9.53 Å². The van der Waals surface area contributed by atoms with Gasteiger partial charge in [-0.2, -0.15) is 0 Å². The lowest BCUT2D eigenvalue weighted by Gasteiger charge is -2.11. The maximum atomic E-state index is 11.4. The average Bonchev–Trinajstić information content (AvgIpc) is 2.30. The van der Waals surface area contributed by atoms with E-state index in [0.29, 0.717) is 32.6 Å². The number of carbonyl (C=O) groups excluding carboxylic acids is 1. The molecule has 0 aliphatic rings. The Morgan fingerprint density at radius 3 is 2.71 bits per heavy atom. The second-order valence-electron chi connectivity index (χ2n) is 4.39. The molecule has 1 unspecified atom stereocenters. The molecule has 0 bridgehead atoms. The van der Waals surface area contributed by atoms with Crippen molar-refractivity contribution in [2.75, 3.05) is 13.2 Å². The quantitative estimate of drug-likeness (QED) is 0.751. The summed E-state index contributed by atoms with van der Waals surface area (Å²) in [6, 6.07) is 10.0. The number of Topliss-reactive ketones (excluding diaryl/α,β-unsaturated/α-hetero) is 1. The van der Waals surface area contributed by atoms with Gasteiger partial charge in [-0.25, -0.2) is 0 Å². The smallest absolute Gasteiger partial charge is 0.134 e. The van der Waals surface area contributed by atoms with Crippen molar-refractivity contribution in [3.63, 3.8) is 0 Å². The van der Waals surface area contributed by atoms with Crippen molar-refractivity contribution in [2.45, 2.75) is 26.4 Å². The molecule has 1 atom stereocenters. The van der Waals surface area contributed by atoms with E-state index in [9.17, 15) is 4.79 Å². The second-order valence-corrected chi connectivity index (χ2v) is 4.39. The molecule has 0 aromatic heterocycles. The number of carbonyl (C=O) groups is 1. The molecule has 3 heteroatoms. The minimum Gasteiger partial charge on any atom is -0.376 e. The standard InChI is InChI=1S/C14H21NO2/c1-12(9-14(16)7-8-15)10-17-11-13-5-3-2-4-6-13/h2-6,12H,7-11,15H2,1H3. The van der Waals surface area contributed by atoms with Crippen molar-refractivity contribution in [2.24, 2.45) is 11.7 Å². The van der Waals surface area contributed by atoms with E-state index in [1.54, 1.807) is 0 Å². The molecular formula is C14H21NO2. The van der Waals surface area contributed by atoms with Gasteiger partial charge in [0.15, 0.2) is 0 Å². The van der Waals surface area contributed by atoms with Crippen LogP contribution in [0.4, 0.5) is 0 Å². The first-order valence-corrected chi connectivity index (χ1v) is 6.05. The zero-order valence-electron chi connectivity index (χ0n) is 10.4. The second kappa shape index (κ2) is 7.98. The maximum absolute atomic E-state index is 11.4. The summed E-state index contributed by atoms with van der Waals surface area (Å²) < 4.78 is 5.58. The summed E-state index contributed by atoms with van der Waals surface area (Å²) in [4.78, 5) is 11.4. The molecule has 94 valence electrons. The third kappa shape index (κ3) is 6.19. The van der Waals surface area contributed by atoms with E-state index in [0.717, 1.165) is 5.56 Å². The summed E-state index contributed by atoms with van der Waals surface area (Å²) in [5.41, 5.74) is 6.49. The Bertz CT molecular complexity index is 324. The predicted molar refractivity (Wildman–Crippen MR) is 68.6 cm³/mol. The summed E-state index contributed by atoms with van der Waals surface area (Å²) in [6.07, 6.45) is 1.04. The summed E-state index contributed by atoms with van der Waals surface area (Å²) in [5, 5.41) is 0. The highest BCUT2D eigenvalue weighted by Crippen LogP contribution is 2.07. The highest BCUT2D eigenvalue weighted by Gasteiger charge is 2.08. The van der Waals surface area contributed by atoms with Gasteiger partial charge in [-0.1, -0.05) is 37.3 Å². The number of rotatable bonds is 8. The molecule has 0 heterocycles. The first-order valence-electron chi connectivity index (χ1n) is 6.05. The topological polar surface area (TPSA) is 52.3 Å². The largest absolute Gasteiger partial charge is 0.376 e. The minimum absolute atomic E-state index is 0.225. The zero-order chi connectivity index (χ0) is 12.5. The molecule has 1 aromatic carbocycles. The Labute approximate surface area is 103 Å². The molecule has 0 amide bonds. The van der Waals surface area contributed by atoms with Crippen LogP contribution in [0.15, 0.2) is 30.3 Å². The molecule has 0 radical (unpaired) electrons. The van der Waals surface area contributed by atoms with Gasteiger partial charge in [-0.15, -0.1) is 0 Å². The third-order valence-electron chi connectivity index (χ3n) is 2.51. The molecule has 0 fully saturated rings. The van der Waals surface area contributed by atoms with E-state index in [2.05, 4.69) is 0 Å². The number of ketones is 1. The molecule has 0 saturated carbocycles. The Kier molecular flexibility index (Phi) is 6.51. The van der Waals surface area contributed by atoms with Crippen LogP contribution in [-0.4, -0.2) is 18.9 Å². The number of benzene rings is 1. The Morgan fingerprint density at radius 2 is 2.06 bits per heavy atom. The van der Waals surface area contributed by atoms with Crippen molar-refractivity contribution >= 4 is 5.78 Å².